The van der Waals surface area contributed by atoms with Crippen LogP contribution >= 0.6 is 0 Å². The minimum Gasteiger partial charge on any atom is -0.479 e. The smallest absolute Gasteiger partial charge is 0.335 e. The molecule has 0 spiro atoms. The summed E-state index contributed by atoms with van der Waals surface area (Å²) < 4.78 is 0. The summed E-state index contributed by atoms with van der Waals surface area (Å²) in [7, 11) is 0. The van der Waals surface area contributed by atoms with E-state index in [0.717, 1.165) is 0 Å². The molecule has 0 aromatic carbocycles. The van der Waals surface area contributed by atoms with Crippen molar-refractivity contribution in [1.82, 2.24) is 0 Å². The van der Waals surface area contributed by atoms with E-state index in [1.165, 1.54) is 27.7 Å². The molecule has 0 saturated heterocycles. The normalized spacial score (nSPS) is 14.7. The average Bonchev–Trinajstić information content (AvgIpc) is 2.33. The molecule has 0 amide bonds. The monoisotopic (exact) mass is 326 g/mol. The quantitative estimate of drug-likeness (QED) is 0.323. The maximum absolute atomic E-state index is 10.1. The topological polar surface area (TPSA) is 190 Å². The summed E-state index contributed by atoms with van der Waals surface area (Å²) in [5.74, 6) is -3.34. The largest absolute Gasteiger partial charge is 0.479 e. The van der Waals surface area contributed by atoms with E-state index in [1.54, 1.807) is 0 Å². The van der Waals surface area contributed by atoms with Crippen molar-refractivity contribution in [1.29, 1.82) is 0 Å². The Bertz CT molecular complexity index is 334. The van der Waals surface area contributed by atoms with Crippen molar-refractivity contribution in [3.8, 4) is 0 Å². The molecule has 0 aromatic heterocycles. The van der Waals surface area contributed by atoms with Crippen LogP contribution in [0.1, 0.15) is 27.7 Å². The van der Waals surface area contributed by atoms with Gasteiger partial charge in [-0.05, 0) is 27.7 Å². The second-order valence-electron chi connectivity index (χ2n) is 4.36. The Morgan fingerprint density at radius 2 is 0.727 bits per heavy atom. The number of aliphatic hydroxyl groups excluding tert-OH is 4. The van der Waals surface area contributed by atoms with Gasteiger partial charge in [-0.25, -0.2) is 9.59 Å². The van der Waals surface area contributed by atoms with Crippen molar-refractivity contribution < 1.29 is 49.8 Å². The highest BCUT2D eigenvalue weighted by Gasteiger charge is 2.37. The number of carboxylic acid groups (broad SMARTS) is 2. The lowest BCUT2D eigenvalue weighted by molar-refractivity contribution is -0.172. The summed E-state index contributed by atoms with van der Waals surface area (Å²) in [5, 5.41) is 51.5. The first-order valence-electron chi connectivity index (χ1n) is 5.87. The van der Waals surface area contributed by atoms with Crippen molar-refractivity contribution >= 4 is 23.5 Å². The zero-order chi connectivity index (χ0) is 18.6. The molecule has 10 heteroatoms. The number of hydrogen-bond donors (Lipinski definition) is 6. The van der Waals surface area contributed by atoms with Crippen LogP contribution in [0.5, 0.6) is 0 Å². The molecule has 0 aliphatic heterocycles. The summed E-state index contributed by atoms with van der Waals surface area (Å²) in [6, 6.07) is 0. The molecule has 0 saturated carbocycles. The Hall–Kier alpha value is -1.88. The molecule has 0 unspecified atom stereocenters. The van der Waals surface area contributed by atoms with Crippen LogP contribution in [0.4, 0.5) is 0 Å². The molecule has 0 bridgehead atoms. The lowest BCUT2D eigenvalue weighted by Gasteiger charge is -2.21. The van der Waals surface area contributed by atoms with E-state index in [0.29, 0.717) is 0 Å². The number of rotatable bonds is 5. The second kappa shape index (κ2) is 12.8. The summed E-state index contributed by atoms with van der Waals surface area (Å²) in [5.41, 5.74) is 0. The Balaban J connectivity index is -0.000000372. The van der Waals surface area contributed by atoms with Crippen LogP contribution in [0, 0.1) is 0 Å². The van der Waals surface area contributed by atoms with E-state index < -0.39 is 36.4 Å². The van der Waals surface area contributed by atoms with E-state index >= 15 is 0 Å². The predicted octanol–water partition coefficient (Wildman–Crippen LogP) is -2.21. The van der Waals surface area contributed by atoms with Gasteiger partial charge < -0.3 is 40.2 Å². The molecule has 0 radical (unpaired) electrons. The van der Waals surface area contributed by atoms with Gasteiger partial charge in [0, 0.05) is 0 Å². The van der Waals surface area contributed by atoms with Gasteiger partial charge in [-0.15, -0.1) is 0 Å². The zero-order valence-corrected chi connectivity index (χ0v) is 12.6. The van der Waals surface area contributed by atoms with Crippen molar-refractivity contribution in [2.24, 2.45) is 0 Å². The lowest BCUT2D eigenvalue weighted by Crippen LogP contribution is -2.49. The van der Waals surface area contributed by atoms with Crippen molar-refractivity contribution in [2.75, 3.05) is 0 Å². The standard InChI is InChI=1S/C6H10O8.2C3H6O/c7-1(3(9)5(11)12)2(8)4(10)6(13)14;2*1-3(2)4/h1-4,7-10H,(H,11,12)(H,13,14);2*1-2H3/t1-,2-,3-,4+;;/m1../s1. The van der Waals surface area contributed by atoms with E-state index in [2.05, 4.69) is 0 Å². The highest BCUT2D eigenvalue weighted by atomic mass is 16.4. The number of aliphatic carboxylic acids is 2. The first-order valence-corrected chi connectivity index (χ1v) is 5.87. The first-order chi connectivity index (χ1) is 9.75. The van der Waals surface area contributed by atoms with E-state index in [9.17, 15) is 19.2 Å². The Morgan fingerprint density at radius 1 is 0.591 bits per heavy atom. The van der Waals surface area contributed by atoms with Crippen LogP contribution in [0.2, 0.25) is 0 Å². The maximum atomic E-state index is 10.1. The van der Waals surface area contributed by atoms with Gasteiger partial charge in [0.15, 0.2) is 12.2 Å². The number of ketones is 2. The Morgan fingerprint density at radius 3 is 0.818 bits per heavy atom. The third-order valence-corrected chi connectivity index (χ3v) is 1.50. The molecule has 0 heterocycles. The van der Waals surface area contributed by atoms with Crippen molar-refractivity contribution in [3.05, 3.63) is 0 Å². The van der Waals surface area contributed by atoms with Gasteiger partial charge in [0.05, 0.1) is 0 Å². The molecule has 6 N–H and O–H groups in total. The summed E-state index contributed by atoms with van der Waals surface area (Å²) in [6.07, 6.45) is -9.28. The Kier molecular flexibility index (Phi) is 14.6. The van der Waals surface area contributed by atoms with Gasteiger partial charge in [0.1, 0.15) is 23.8 Å². The number of carbonyl (C=O) groups excluding carboxylic acids is 2. The fraction of sp³-hybridized carbons (Fsp3) is 0.667. The first kappa shape index (κ1) is 25.1. The SMILES string of the molecule is CC(C)=O.CC(C)=O.O=C(O)[C@@H](O)[C@H](O)[C@@H](O)[C@@H](O)C(=O)O. The number of carbonyl (C=O) groups is 4. The molecule has 0 aromatic rings. The van der Waals surface area contributed by atoms with E-state index in [-0.39, 0.29) is 11.6 Å². The minimum atomic E-state index is -2.36. The van der Waals surface area contributed by atoms with Crippen LogP contribution in [0.25, 0.3) is 0 Å². The average molecular weight is 326 g/mol. The molecule has 0 aliphatic carbocycles. The van der Waals surface area contributed by atoms with Crippen LogP contribution in [0.3, 0.4) is 0 Å². The van der Waals surface area contributed by atoms with Crippen LogP contribution in [-0.4, -0.2) is 78.6 Å². The summed E-state index contributed by atoms with van der Waals surface area (Å²) >= 11 is 0. The Labute approximate surface area is 126 Å². The number of carboxylic acids is 2. The lowest BCUT2D eigenvalue weighted by atomic mass is 10.0. The van der Waals surface area contributed by atoms with Gasteiger partial charge in [-0.3, -0.25) is 0 Å². The fourth-order valence-corrected chi connectivity index (χ4v) is 0.666. The van der Waals surface area contributed by atoms with Crippen LogP contribution in [-0.2, 0) is 19.2 Å². The van der Waals surface area contributed by atoms with Gasteiger partial charge in [-0.1, -0.05) is 0 Å². The van der Waals surface area contributed by atoms with Gasteiger partial charge in [0.25, 0.3) is 0 Å². The number of hydrogen-bond acceptors (Lipinski definition) is 8. The van der Waals surface area contributed by atoms with Crippen LogP contribution < -0.4 is 0 Å². The zero-order valence-electron chi connectivity index (χ0n) is 12.6. The van der Waals surface area contributed by atoms with Crippen molar-refractivity contribution in [2.45, 2.75) is 52.1 Å². The number of aliphatic hydroxyl groups is 4. The van der Waals surface area contributed by atoms with Crippen LogP contribution in [0.15, 0.2) is 0 Å². The molecular formula is C12H22O10. The molecule has 0 rings (SSSR count). The molecule has 10 nitrogen and oxygen atoms in total. The van der Waals surface area contributed by atoms with Gasteiger partial charge in [-0.2, -0.15) is 0 Å². The molecule has 130 valence electrons. The fourth-order valence-electron chi connectivity index (χ4n) is 0.666. The third-order valence-electron chi connectivity index (χ3n) is 1.50. The molecule has 4 atom stereocenters. The van der Waals surface area contributed by atoms with Gasteiger partial charge >= 0.3 is 11.9 Å². The van der Waals surface area contributed by atoms with E-state index in [4.69, 9.17) is 30.6 Å². The molecular weight excluding hydrogens is 304 g/mol. The van der Waals surface area contributed by atoms with Crippen molar-refractivity contribution in [3.63, 3.8) is 0 Å². The highest BCUT2D eigenvalue weighted by Crippen LogP contribution is 2.05. The summed E-state index contributed by atoms with van der Waals surface area (Å²) in [6.45, 7) is 6.11. The third kappa shape index (κ3) is 16.2. The highest BCUT2D eigenvalue weighted by molar-refractivity contribution is 5.75. The second-order valence-corrected chi connectivity index (χ2v) is 4.36. The minimum absolute atomic E-state index is 0.167. The maximum Gasteiger partial charge on any atom is 0.335 e. The molecule has 0 aliphatic rings. The number of Topliss-reactive ketones (excluding diaryl/α,β-unsaturated/α-hetero) is 2. The predicted molar refractivity (Wildman–Crippen MR) is 72.0 cm³/mol. The van der Waals surface area contributed by atoms with Gasteiger partial charge in [0.2, 0.25) is 0 Å². The summed E-state index contributed by atoms with van der Waals surface area (Å²) in [4.78, 5) is 39.1. The molecule has 0 fully saturated rings. The molecule has 22 heavy (non-hydrogen) atoms. The van der Waals surface area contributed by atoms with E-state index in [1.807, 2.05) is 0 Å².